The zero-order chi connectivity index (χ0) is 12.1. The van der Waals surface area contributed by atoms with E-state index in [0.29, 0.717) is 11.7 Å². The second kappa shape index (κ2) is 6.18. The van der Waals surface area contributed by atoms with Gasteiger partial charge in [-0.05, 0) is 17.9 Å². The molecule has 2 N–H and O–H groups in total. The van der Waals surface area contributed by atoms with Crippen LogP contribution in [-0.4, -0.2) is 34.0 Å². The first-order valence-corrected chi connectivity index (χ1v) is 7.44. The van der Waals surface area contributed by atoms with E-state index in [0.717, 1.165) is 28.2 Å². The van der Waals surface area contributed by atoms with Crippen molar-refractivity contribution < 1.29 is 5.11 Å². The van der Waals surface area contributed by atoms with E-state index in [4.69, 9.17) is 5.11 Å². The van der Waals surface area contributed by atoms with Crippen LogP contribution in [0, 0.1) is 0 Å². The first-order chi connectivity index (χ1) is 8.35. The van der Waals surface area contributed by atoms with Gasteiger partial charge in [-0.3, -0.25) is 0 Å². The van der Waals surface area contributed by atoms with Gasteiger partial charge >= 0.3 is 0 Å². The van der Waals surface area contributed by atoms with Crippen LogP contribution in [0.5, 0.6) is 0 Å². The van der Waals surface area contributed by atoms with Crippen molar-refractivity contribution in [3.8, 4) is 0 Å². The van der Waals surface area contributed by atoms with E-state index < -0.39 is 0 Å². The molecule has 6 heteroatoms. The van der Waals surface area contributed by atoms with Crippen molar-refractivity contribution in [2.24, 2.45) is 0 Å². The Kier molecular flexibility index (Phi) is 4.58. The third-order valence-corrected chi connectivity index (χ3v) is 3.93. The van der Waals surface area contributed by atoms with Gasteiger partial charge in [-0.2, -0.15) is 0 Å². The van der Waals surface area contributed by atoms with Gasteiger partial charge in [0.15, 0.2) is 0 Å². The zero-order valence-corrected chi connectivity index (χ0v) is 11.3. The lowest BCUT2D eigenvalue weighted by Gasteiger charge is -2.06. The number of hydrogen-bond donors (Lipinski definition) is 2. The summed E-state index contributed by atoms with van der Waals surface area (Å²) in [7, 11) is 0. The summed E-state index contributed by atoms with van der Waals surface area (Å²) >= 11 is 3.18. The molecule has 0 radical (unpaired) electrons. The highest BCUT2D eigenvalue weighted by molar-refractivity contribution is 7.99. The summed E-state index contributed by atoms with van der Waals surface area (Å²) in [6.07, 6.45) is 1.05. The smallest absolute Gasteiger partial charge is 0.225 e. The van der Waals surface area contributed by atoms with Crippen molar-refractivity contribution in [1.29, 1.82) is 0 Å². The van der Waals surface area contributed by atoms with Crippen LogP contribution >= 0.6 is 23.1 Å². The maximum atomic E-state index is 8.88. The molecule has 0 fully saturated rings. The fraction of sp³-hybridized carbons (Fsp3) is 0.455. The number of anilines is 1. The van der Waals surface area contributed by atoms with Gasteiger partial charge in [0.1, 0.15) is 9.86 Å². The summed E-state index contributed by atoms with van der Waals surface area (Å²) in [6, 6.07) is 2.03. The molecule has 92 valence electrons. The predicted molar refractivity (Wildman–Crippen MR) is 74.0 cm³/mol. The first kappa shape index (κ1) is 12.6. The Hall–Kier alpha value is -0.850. The molecule has 0 aliphatic carbocycles. The monoisotopic (exact) mass is 269 g/mol. The van der Waals surface area contributed by atoms with Gasteiger partial charge in [0.05, 0.1) is 6.61 Å². The van der Waals surface area contributed by atoms with E-state index in [2.05, 4.69) is 22.2 Å². The number of nitrogens with one attached hydrogen (secondary N) is 1. The summed E-state index contributed by atoms with van der Waals surface area (Å²) in [6.45, 7) is 3.15. The Morgan fingerprint density at radius 1 is 1.47 bits per heavy atom. The van der Waals surface area contributed by atoms with E-state index >= 15 is 0 Å². The minimum Gasteiger partial charge on any atom is -0.396 e. The molecular formula is C11H15N3OS2. The number of fused-ring (bicyclic) bond motifs is 1. The number of nitrogens with zero attached hydrogens (tertiary/aromatic N) is 2. The molecule has 2 aromatic heterocycles. The van der Waals surface area contributed by atoms with Crippen molar-refractivity contribution in [3.05, 3.63) is 11.4 Å². The molecule has 0 saturated heterocycles. The van der Waals surface area contributed by atoms with Crippen molar-refractivity contribution in [2.45, 2.75) is 18.4 Å². The lowest BCUT2D eigenvalue weighted by atomic mass is 10.4. The van der Waals surface area contributed by atoms with Crippen molar-refractivity contribution in [1.82, 2.24) is 9.97 Å². The Labute approximate surface area is 108 Å². The second-order valence-electron chi connectivity index (χ2n) is 3.49. The van der Waals surface area contributed by atoms with Crippen LogP contribution in [0.1, 0.15) is 13.3 Å². The number of thioether (sulfide) groups is 1. The van der Waals surface area contributed by atoms with E-state index in [-0.39, 0.29) is 6.61 Å². The number of hydrogen-bond acceptors (Lipinski definition) is 6. The Balaban J connectivity index is 2.29. The van der Waals surface area contributed by atoms with Crippen LogP contribution < -0.4 is 5.32 Å². The third kappa shape index (κ3) is 3.08. The van der Waals surface area contributed by atoms with Crippen molar-refractivity contribution >= 4 is 39.3 Å². The highest BCUT2D eigenvalue weighted by atomic mass is 32.2. The van der Waals surface area contributed by atoms with Crippen LogP contribution in [0.4, 0.5) is 5.95 Å². The van der Waals surface area contributed by atoms with Crippen LogP contribution in [0.2, 0.25) is 0 Å². The molecule has 0 amide bonds. The van der Waals surface area contributed by atoms with Gasteiger partial charge in [-0.15, -0.1) is 23.1 Å². The topological polar surface area (TPSA) is 58.0 Å². The minimum absolute atomic E-state index is 0.165. The standard InChI is InChI=1S/C11H15N3OS2/c1-2-4-12-11-13-9-8(3-6-16-9)10(14-11)17-7-5-15/h3,6,15H,2,4-5,7H2,1H3,(H,12,13,14). The number of aliphatic hydroxyl groups excluding tert-OH is 1. The van der Waals surface area contributed by atoms with E-state index in [1.54, 1.807) is 23.1 Å². The van der Waals surface area contributed by atoms with Crippen molar-refractivity contribution in [2.75, 3.05) is 24.2 Å². The normalized spacial score (nSPS) is 10.9. The van der Waals surface area contributed by atoms with Gasteiger partial charge < -0.3 is 10.4 Å². The lowest BCUT2D eigenvalue weighted by molar-refractivity contribution is 0.322. The summed E-state index contributed by atoms with van der Waals surface area (Å²) in [5, 5.41) is 16.1. The molecule has 2 heterocycles. The summed E-state index contributed by atoms with van der Waals surface area (Å²) in [5.41, 5.74) is 0. The van der Waals surface area contributed by atoms with Crippen LogP contribution in [0.25, 0.3) is 10.2 Å². The number of thiophene rings is 1. The van der Waals surface area contributed by atoms with Gasteiger partial charge in [0.2, 0.25) is 5.95 Å². The van der Waals surface area contributed by atoms with Gasteiger partial charge in [0.25, 0.3) is 0 Å². The maximum absolute atomic E-state index is 8.88. The van der Waals surface area contributed by atoms with Gasteiger partial charge in [-0.1, -0.05) is 6.92 Å². The van der Waals surface area contributed by atoms with Gasteiger partial charge in [0, 0.05) is 17.7 Å². The predicted octanol–water partition coefficient (Wildman–Crippen LogP) is 2.60. The number of aromatic nitrogens is 2. The lowest BCUT2D eigenvalue weighted by Crippen LogP contribution is -2.04. The number of rotatable bonds is 6. The quantitative estimate of drug-likeness (QED) is 0.623. The molecule has 2 aromatic rings. The summed E-state index contributed by atoms with van der Waals surface area (Å²) in [5.74, 6) is 1.34. The van der Waals surface area contributed by atoms with Crippen LogP contribution in [0.15, 0.2) is 16.5 Å². The summed E-state index contributed by atoms with van der Waals surface area (Å²) in [4.78, 5) is 9.95. The van der Waals surface area contributed by atoms with Crippen LogP contribution in [0.3, 0.4) is 0 Å². The van der Waals surface area contributed by atoms with Crippen molar-refractivity contribution in [3.63, 3.8) is 0 Å². The molecule has 0 spiro atoms. The Morgan fingerprint density at radius 2 is 2.35 bits per heavy atom. The minimum atomic E-state index is 0.165. The molecule has 2 rings (SSSR count). The zero-order valence-electron chi connectivity index (χ0n) is 9.64. The molecule has 17 heavy (non-hydrogen) atoms. The average molecular weight is 269 g/mol. The maximum Gasteiger partial charge on any atom is 0.225 e. The second-order valence-corrected chi connectivity index (χ2v) is 5.47. The molecule has 0 unspecified atom stereocenters. The van der Waals surface area contributed by atoms with E-state index in [1.165, 1.54) is 0 Å². The molecule has 0 atom stereocenters. The fourth-order valence-corrected chi connectivity index (χ4v) is 2.98. The van der Waals surface area contributed by atoms with Gasteiger partial charge in [-0.25, -0.2) is 9.97 Å². The largest absolute Gasteiger partial charge is 0.396 e. The highest BCUT2D eigenvalue weighted by Gasteiger charge is 2.08. The molecular weight excluding hydrogens is 254 g/mol. The molecule has 0 aliphatic heterocycles. The third-order valence-electron chi connectivity index (χ3n) is 2.15. The van der Waals surface area contributed by atoms with Crippen LogP contribution in [-0.2, 0) is 0 Å². The number of aliphatic hydroxyl groups is 1. The molecule has 0 aromatic carbocycles. The highest BCUT2D eigenvalue weighted by Crippen LogP contribution is 2.29. The molecule has 4 nitrogen and oxygen atoms in total. The average Bonchev–Trinajstić information content (AvgIpc) is 2.81. The Morgan fingerprint density at radius 3 is 3.12 bits per heavy atom. The first-order valence-electron chi connectivity index (χ1n) is 5.58. The molecule has 0 aliphatic rings. The fourth-order valence-electron chi connectivity index (χ4n) is 1.40. The Bertz CT molecular complexity index is 487. The SMILES string of the molecule is CCCNc1nc(SCCO)c2ccsc2n1. The molecule has 0 bridgehead atoms. The summed E-state index contributed by atoms with van der Waals surface area (Å²) < 4.78 is 0. The van der Waals surface area contributed by atoms with E-state index in [9.17, 15) is 0 Å². The van der Waals surface area contributed by atoms with E-state index in [1.807, 2.05) is 11.4 Å². The molecule has 0 saturated carbocycles.